The molecule has 0 bridgehead atoms. The fourth-order valence-electron chi connectivity index (χ4n) is 1.49. The SMILES string of the molecule is CCN(CC(F)(F)F)c1ccc(F)cc1C=O. The first kappa shape index (κ1) is 13.5. The van der Waals surface area contributed by atoms with Crippen LogP contribution in [0, 0.1) is 5.82 Å². The molecular weight excluding hydrogens is 238 g/mol. The van der Waals surface area contributed by atoms with E-state index < -0.39 is 18.5 Å². The molecule has 0 aliphatic heterocycles. The normalized spacial score (nSPS) is 11.4. The predicted octanol–water partition coefficient (Wildman–Crippen LogP) is 3.03. The first-order valence-corrected chi connectivity index (χ1v) is 4.94. The van der Waals surface area contributed by atoms with Gasteiger partial charge in [0.25, 0.3) is 0 Å². The van der Waals surface area contributed by atoms with Crippen LogP contribution in [0.2, 0.25) is 0 Å². The van der Waals surface area contributed by atoms with Crippen molar-refractivity contribution < 1.29 is 22.4 Å². The van der Waals surface area contributed by atoms with Crippen molar-refractivity contribution >= 4 is 12.0 Å². The molecule has 17 heavy (non-hydrogen) atoms. The third kappa shape index (κ3) is 3.72. The number of halogens is 4. The van der Waals surface area contributed by atoms with Crippen LogP contribution in [-0.4, -0.2) is 25.6 Å². The van der Waals surface area contributed by atoms with E-state index in [0.717, 1.165) is 17.0 Å². The summed E-state index contributed by atoms with van der Waals surface area (Å²) in [5.74, 6) is -0.654. The molecule has 0 spiro atoms. The van der Waals surface area contributed by atoms with E-state index in [0.29, 0.717) is 6.29 Å². The zero-order valence-electron chi connectivity index (χ0n) is 9.09. The number of hydrogen-bond donors (Lipinski definition) is 0. The summed E-state index contributed by atoms with van der Waals surface area (Å²) in [6, 6.07) is 3.12. The minimum Gasteiger partial charge on any atom is -0.362 e. The van der Waals surface area contributed by atoms with E-state index in [4.69, 9.17) is 0 Å². The van der Waals surface area contributed by atoms with Crippen LogP contribution in [-0.2, 0) is 0 Å². The van der Waals surface area contributed by atoms with Gasteiger partial charge in [0.15, 0.2) is 6.29 Å². The summed E-state index contributed by atoms with van der Waals surface area (Å²) in [5.41, 5.74) is -0.00248. The molecular formula is C11H11F4NO. The summed E-state index contributed by atoms with van der Waals surface area (Å²) in [4.78, 5) is 11.7. The van der Waals surface area contributed by atoms with Gasteiger partial charge in [-0.3, -0.25) is 4.79 Å². The molecule has 0 aliphatic carbocycles. The van der Waals surface area contributed by atoms with E-state index >= 15 is 0 Å². The van der Waals surface area contributed by atoms with Gasteiger partial charge >= 0.3 is 6.18 Å². The minimum absolute atomic E-state index is 0.0754. The number of aldehydes is 1. The molecule has 1 aromatic carbocycles. The topological polar surface area (TPSA) is 20.3 Å². The standard InChI is InChI=1S/C11H11F4NO/c1-2-16(7-11(13,14)15)10-4-3-9(12)5-8(10)6-17/h3-6H,2,7H2,1H3. The van der Waals surface area contributed by atoms with E-state index in [2.05, 4.69) is 0 Å². The van der Waals surface area contributed by atoms with Crippen molar-refractivity contribution in [2.24, 2.45) is 0 Å². The van der Waals surface area contributed by atoms with Gasteiger partial charge in [-0.25, -0.2) is 4.39 Å². The highest BCUT2D eigenvalue weighted by Crippen LogP contribution is 2.24. The molecule has 0 heterocycles. The van der Waals surface area contributed by atoms with Gasteiger partial charge in [-0.2, -0.15) is 13.2 Å². The van der Waals surface area contributed by atoms with Crippen molar-refractivity contribution in [3.8, 4) is 0 Å². The number of carbonyl (C=O) groups is 1. The Balaban J connectivity index is 3.07. The van der Waals surface area contributed by atoms with Crippen LogP contribution in [0.25, 0.3) is 0 Å². The van der Waals surface area contributed by atoms with Crippen molar-refractivity contribution in [3.05, 3.63) is 29.6 Å². The van der Waals surface area contributed by atoms with Crippen LogP contribution in [0.3, 0.4) is 0 Å². The molecule has 1 aromatic rings. The Kier molecular flexibility index (Phi) is 4.09. The zero-order valence-corrected chi connectivity index (χ0v) is 9.09. The second-order valence-electron chi connectivity index (χ2n) is 3.45. The van der Waals surface area contributed by atoms with Gasteiger partial charge < -0.3 is 4.90 Å². The molecule has 0 radical (unpaired) electrons. The Morgan fingerprint density at radius 2 is 2.00 bits per heavy atom. The first-order valence-electron chi connectivity index (χ1n) is 4.94. The van der Waals surface area contributed by atoms with Crippen molar-refractivity contribution in [1.29, 1.82) is 0 Å². The second-order valence-corrected chi connectivity index (χ2v) is 3.45. The molecule has 0 fully saturated rings. The van der Waals surface area contributed by atoms with Crippen LogP contribution in [0.15, 0.2) is 18.2 Å². The Bertz CT molecular complexity index is 403. The fraction of sp³-hybridized carbons (Fsp3) is 0.364. The summed E-state index contributed by atoms with van der Waals surface area (Å²) < 4.78 is 49.7. The lowest BCUT2D eigenvalue weighted by molar-refractivity contribution is -0.119. The number of benzene rings is 1. The lowest BCUT2D eigenvalue weighted by Crippen LogP contribution is -2.34. The van der Waals surface area contributed by atoms with Crippen LogP contribution in [0.1, 0.15) is 17.3 Å². The molecule has 0 N–H and O–H groups in total. The maximum Gasteiger partial charge on any atom is 0.405 e. The highest BCUT2D eigenvalue weighted by atomic mass is 19.4. The summed E-state index contributed by atoms with van der Waals surface area (Å²) in [5, 5.41) is 0. The van der Waals surface area contributed by atoms with Gasteiger partial charge in [0.1, 0.15) is 12.4 Å². The minimum atomic E-state index is -4.37. The van der Waals surface area contributed by atoms with Gasteiger partial charge in [-0.15, -0.1) is 0 Å². The number of rotatable bonds is 4. The number of alkyl halides is 3. The number of nitrogens with zero attached hydrogens (tertiary/aromatic N) is 1. The maximum absolute atomic E-state index is 12.8. The molecule has 0 aromatic heterocycles. The van der Waals surface area contributed by atoms with Crippen molar-refractivity contribution in [1.82, 2.24) is 0 Å². The predicted molar refractivity (Wildman–Crippen MR) is 55.7 cm³/mol. The first-order chi connectivity index (χ1) is 7.87. The molecule has 0 saturated heterocycles. The maximum atomic E-state index is 12.8. The van der Waals surface area contributed by atoms with Crippen LogP contribution in [0.4, 0.5) is 23.2 Å². The van der Waals surface area contributed by atoms with Gasteiger partial charge in [0.2, 0.25) is 0 Å². The summed E-state index contributed by atoms with van der Waals surface area (Å²) in [6.07, 6.45) is -4.03. The van der Waals surface area contributed by atoms with Gasteiger partial charge in [-0.1, -0.05) is 0 Å². The van der Waals surface area contributed by atoms with Gasteiger partial charge in [-0.05, 0) is 25.1 Å². The highest BCUT2D eigenvalue weighted by molar-refractivity contribution is 5.84. The zero-order chi connectivity index (χ0) is 13.1. The van der Waals surface area contributed by atoms with Crippen LogP contribution >= 0.6 is 0 Å². The monoisotopic (exact) mass is 249 g/mol. The Morgan fingerprint density at radius 3 is 2.47 bits per heavy atom. The molecule has 0 aliphatic rings. The van der Waals surface area contributed by atoms with E-state index in [1.165, 1.54) is 13.0 Å². The molecule has 0 unspecified atom stereocenters. The molecule has 2 nitrogen and oxygen atoms in total. The van der Waals surface area contributed by atoms with Crippen LogP contribution < -0.4 is 4.90 Å². The average molecular weight is 249 g/mol. The smallest absolute Gasteiger partial charge is 0.362 e. The summed E-state index contributed by atoms with van der Waals surface area (Å²) in [6.45, 7) is 0.436. The van der Waals surface area contributed by atoms with Crippen LogP contribution in [0.5, 0.6) is 0 Å². The average Bonchev–Trinajstić information content (AvgIpc) is 2.24. The molecule has 0 amide bonds. The van der Waals surface area contributed by atoms with E-state index in [1.807, 2.05) is 0 Å². The van der Waals surface area contributed by atoms with Gasteiger partial charge in [0, 0.05) is 17.8 Å². The molecule has 1 rings (SSSR count). The van der Waals surface area contributed by atoms with Gasteiger partial charge in [0.05, 0.1) is 0 Å². The third-order valence-electron chi connectivity index (χ3n) is 2.21. The van der Waals surface area contributed by atoms with Crippen molar-refractivity contribution in [2.75, 3.05) is 18.0 Å². The molecule has 94 valence electrons. The third-order valence-corrected chi connectivity index (χ3v) is 2.21. The second kappa shape index (κ2) is 5.16. The lowest BCUT2D eigenvalue weighted by Gasteiger charge is -2.25. The Morgan fingerprint density at radius 1 is 1.35 bits per heavy atom. The quantitative estimate of drug-likeness (QED) is 0.604. The highest BCUT2D eigenvalue weighted by Gasteiger charge is 2.31. The Hall–Kier alpha value is -1.59. The summed E-state index contributed by atoms with van der Waals surface area (Å²) in [7, 11) is 0. The number of carbonyl (C=O) groups excluding carboxylic acids is 1. The van der Waals surface area contributed by atoms with Crippen molar-refractivity contribution in [2.45, 2.75) is 13.1 Å². The molecule has 0 saturated carbocycles. The van der Waals surface area contributed by atoms with Crippen molar-refractivity contribution in [3.63, 3.8) is 0 Å². The van der Waals surface area contributed by atoms with E-state index in [9.17, 15) is 22.4 Å². The largest absolute Gasteiger partial charge is 0.405 e. The molecule has 6 heteroatoms. The fourth-order valence-corrected chi connectivity index (χ4v) is 1.49. The number of anilines is 1. The molecule has 0 atom stereocenters. The lowest BCUT2D eigenvalue weighted by atomic mass is 10.1. The number of hydrogen-bond acceptors (Lipinski definition) is 2. The van der Waals surface area contributed by atoms with E-state index in [-0.39, 0.29) is 17.8 Å². The Labute approximate surface area is 95.8 Å². The summed E-state index contributed by atoms with van der Waals surface area (Å²) >= 11 is 0. The van der Waals surface area contributed by atoms with E-state index in [1.54, 1.807) is 0 Å².